The van der Waals surface area contributed by atoms with Gasteiger partial charge in [0.25, 0.3) is 5.91 Å². The van der Waals surface area contributed by atoms with Crippen LogP contribution in [0.25, 0.3) is 0 Å². The van der Waals surface area contributed by atoms with E-state index in [1.807, 2.05) is 0 Å². The summed E-state index contributed by atoms with van der Waals surface area (Å²) in [5.74, 6) is -0.158. The van der Waals surface area contributed by atoms with Crippen molar-refractivity contribution in [1.29, 1.82) is 0 Å². The second-order valence-electron chi connectivity index (χ2n) is 3.97. The molecule has 92 valence electrons. The highest BCUT2D eigenvalue weighted by Crippen LogP contribution is 2.26. The predicted octanol–water partition coefficient (Wildman–Crippen LogP) is 3.50. The summed E-state index contributed by atoms with van der Waals surface area (Å²) in [7, 11) is 0. The van der Waals surface area contributed by atoms with Crippen LogP contribution >= 0.6 is 23.2 Å². The molecule has 1 amide bonds. The molecule has 1 aromatic carbocycles. The Balaban J connectivity index is 2.04. The van der Waals surface area contributed by atoms with Crippen molar-refractivity contribution in [1.82, 2.24) is 0 Å². The Morgan fingerprint density at radius 1 is 1.35 bits per heavy atom. The molecular formula is C12H13Cl2NO2. The van der Waals surface area contributed by atoms with Crippen LogP contribution in [0.4, 0.5) is 5.69 Å². The molecule has 3 nitrogen and oxygen atoms in total. The summed E-state index contributed by atoms with van der Waals surface area (Å²) >= 11 is 11.8. The quantitative estimate of drug-likeness (QED) is 0.896. The fraction of sp³-hybridized carbons (Fsp3) is 0.417. The number of rotatable bonds is 2. The maximum absolute atomic E-state index is 11.9. The van der Waals surface area contributed by atoms with Crippen LogP contribution in [0.15, 0.2) is 18.2 Å². The molecule has 1 aromatic rings. The van der Waals surface area contributed by atoms with E-state index >= 15 is 0 Å². The van der Waals surface area contributed by atoms with Crippen molar-refractivity contribution in [2.75, 3.05) is 11.9 Å². The molecule has 2 rings (SSSR count). The highest BCUT2D eigenvalue weighted by atomic mass is 35.5. The third-order valence-corrected chi connectivity index (χ3v) is 3.22. The van der Waals surface area contributed by atoms with Gasteiger partial charge in [-0.25, -0.2) is 0 Å². The second kappa shape index (κ2) is 5.71. The Bertz CT molecular complexity index is 417. The summed E-state index contributed by atoms with van der Waals surface area (Å²) in [6.07, 6.45) is 2.41. The summed E-state index contributed by atoms with van der Waals surface area (Å²) in [4.78, 5) is 11.9. The van der Waals surface area contributed by atoms with Gasteiger partial charge >= 0.3 is 0 Å². The van der Waals surface area contributed by atoms with Crippen LogP contribution in [-0.2, 0) is 9.53 Å². The summed E-state index contributed by atoms with van der Waals surface area (Å²) < 4.78 is 5.39. The lowest BCUT2D eigenvalue weighted by Gasteiger charge is -2.21. The molecule has 1 aliphatic heterocycles. The standard InChI is InChI=1S/C12H13Cl2NO2/c13-8-4-5-9(14)10(7-8)15-12(16)11-3-1-2-6-17-11/h4-5,7,11H,1-3,6H2,(H,15,16). The van der Waals surface area contributed by atoms with Crippen LogP contribution in [-0.4, -0.2) is 18.6 Å². The van der Waals surface area contributed by atoms with Crippen LogP contribution in [0.1, 0.15) is 19.3 Å². The normalized spacial score (nSPS) is 20.0. The Labute approximate surface area is 110 Å². The Hall–Kier alpha value is -0.770. The van der Waals surface area contributed by atoms with Crippen molar-refractivity contribution in [3.63, 3.8) is 0 Å². The number of hydrogen-bond acceptors (Lipinski definition) is 2. The van der Waals surface area contributed by atoms with Gasteiger partial charge in [0.1, 0.15) is 6.10 Å². The molecule has 0 bridgehead atoms. The lowest BCUT2D eigenvalue weighted by atomic mass is 10.1. The van der Waals surface area contributed by atoms with Crippen molar-refractivity contribution < 1.29 is 9.53 Å². The van der Waals surface area contributed by atoms with Crippen molar-refractivity contribution in [2.45, 2.75) is 25.4 Å². The van der Waals surface area contributed by atoms with Gasteiger partial charge in [-0.3, -0.25) is 4.79 Å². The highest BCUT2D eigenvalue weighted by molar-refractivity contribution is 6.35. The maximum Gasteiger partial charge on any atom is 0.253 e. The van der Waals surface area contributed by atoms with E-state index in [9.17, 15) is 4.79 Å². The van der Waals surface area contributed by atoms with E-state index in [-0.39, 0.29) is 12.0 Å². The van der Waals surface area contributed by atoms with E-state index in [0.29, 0.717) is 22.3 Å². The zero-order chi connectivity index (χ0) is 12.3. The number of halogens is 2. The molecule has 0 radical (unpaired) electrons. The van der Waals surface area contributed by atoms with E-state index in [0.717, 1.165) is 19.3 Å². The number of carbonyl (C=O) groups is 1. The molecule has 1 atom stereocenters. The smallest absolute Gasteiger partial charge is 0.253 e. The van der Waals surface area contributed by atoms with Gasteiger partial charge in [-0.05, 0) is 37.5 Å². The first kappa shape index (κ1) is 12.7. The molecule has 0 aliphatic carbocycles. The summed E-state index contributed by atoms with van der Waals surface area (Å²) in [6, 6.07) is 4.96. The van der Waals surface area contributed by atoms with Crippen molar-refractivity contribution in [3.05, 3.63) is 28.2 Å². The number of anilines is 1. The van der Waals surface area contributed by atoms with Gasteiger partial charge in [-0.15, -0.1) is 0 Å². The minimum absolute atomic E-state index is 0.158. The first-order valence-electron chi connectivity index (χ1n) is 5.54. The minimum atomic E-state index is -0.376. The highest BCUT2D eigenvalue weighted by Gasteiger charge is 2.22. The Kier molecular flexibility index (Phi) is 4.26. The first-order chi connectivity index (χ1) is 8.16. The lowest BCUT2D eigenvalue weighted by Crippen LogP contribution is -2.33. The van der Waals surface area contributed by atoms with E-state index in [4.69, 9.17) is 27.9 Å². The molecule has 0 spiro atoms. The summed E-state index contributed by atoms with van der Waals surface area (Å²) in [6.45, 7) is 0.640. The average Bonchev–Trinajstić information content (AvgIpc) is 2.35. The van der Waals surface area contributed by atoms with E-state index < -0.39 is 0 Å². The molecule has 1 unspecified atom stereocenters. The number of nitrogens with one attached hydrogen (secondary N) is 1. The van der Waals surface area contributed by atoms with Gasteiger partial charge < -0.3 is 10.1 Å². The van der Waals surface area contributed by atoms with Gasteiger partial charge in [0.15, 0.2) is 0 Å². The molecule has 0 aromatic heterocycles. The molecule has 1 aliphatic rings. The molecule has 0 saturated carbocycles. The lowest BCUT2D eigenvalue weighted by molar-refractivity contribution is -0.129. The SMILES string of the molecule is O=C(Nc1cc(Cl)ccc1Cl)C1CCCCO1. The zero-order valence-corrected chi connectivity index (χ0v) is 10.7. The Morgan fingerprint density at radius 3 is 2.88 bits per heavy atom. The molecule has 1 saturated heterocycles. The molecule has 5 heteroatoms. The van der Waals surface area contributed by atoms with Gasteiger partial charge in [-0.1, -0.05) is 23.2 Å². The van der Waals surface area contributed by atoms with Crippen molar-refractivity contribution >= 4 is 34.8 Å². The molecule has 1 N–H and O–H groups in total. The number of carbonyl (C=O) groups excluding carboxylic acids is 1. The van der Waals surface area contributed by atoms with Gasteiger partial charge in [-0.2, -0.15) is 0 Å². The number of ether oxygens (including phenoxy) is 1. The van der Waals surface area contributed by atoms with E-state index in [1.54, 1.807) is 18.2 Å². The van der Waals surface area contributed by atoms with E-state index in [2.05, 4.69) is 5.32 Å². The molecule has 1 heterocycles. The van der Waals surface area contributed by atoms with E-state index in [1.165, 1.54) is 0 Å². The van der Waals surface area contributed by atoms with Gasteiger partial charge in [0.2, 0.25) is 0 Å². The fourth-order valence-electron chi connectivity index (χ4n) is 1.75. The van der Waals surface area contributed by atoms with Gasteiger partial charge in [0, 0.05) is 11.6 Å². The van der Waals surface area contributed by atoms with Crippen LogP contribution in [0.5, 0.6) is 0 Å². The second-order valence-corrected chi connectivity index (χ2v) is 4.81. The van der Waals surface area contributed by atoms with Crippen molar-refractivity contribution in [3.8, 4) is 0 Å². The minimum Gasteiger partial charge on any atom is -0.368 e. The summed E-state index contributed by atoms with van der Waals surface area (Å²) in [5.41, 5.74) is 0.526. The maximum atomic E-state index is 11.9. The molecule has 1 fully saturated rings. The first-order valence-corrected chi connectivity index (χ1v) is 6.30. The van der Waals surface area contributed by atoms with Crippen LogP contribution in [0, 0.1) is 0 Å². The van der Waals surface area contributed by atoms with Crippen molar-refractivity contribution in [2.24, 2.45) is 0 Å². The monoisotopic (exact) mass is 273 g/mol. The third kappa shape index (κ3) is 3.35. The van der Waals surface area contributed by atoms with Crippen LogP contribution in [0.2, 0.25) is 10.0 Å². The van der Waals surface area contributed by atoms with Crippen LogP contribution in [0.3, 0.4) is 0 Å². The number of benzene rings is 1. The Morgan fingerprint density at radius 2 is 2.18 bits per heavy atom. The number of amides is 1. The largest absolute Gasteiger partial charge is 0.368 e. The molecule has 17 heavy (non-hydrogen) atoms. The van der Waals surface area contributed by atoms with Crippen LogP contribution < -0.4 is 5.32 Å². The average molecular weight is 274 g/mol. The number of hydrogen-bond donors (Lipinski definition) is 1. The van der Waals surface area contributed by atoms with Gasteiger partial charge in [0.05, 0.1) is 10.7 Å². The topological polar surface area (TPSA) is 38.3 Å². The predicted molar refractivity (Wildman–Crippen MR) is 68.7 cm³/mol. The summed E-state index contributed by atoms with van der Waals surface area (Å²) in [5, 5.41) is 3.75. The molecular weight excluding hydrogens is 261 g/mol. The fourth-order valence-corrected chi connectivity index (χ4v) is 2.09. The zero-order valence-electron chi connectivity index (χ0n) is 9.21. The third-order valence-electron chi connectivity index (χ3n) is 2.66.